The van der Waals surface area contributed by atoms with Crippen molar-refractivity contribution in [1.29, 1.82) is 0 Å². The first-order chi connectivity index (χ1) is 20.9. The van der Waals surface area contributed by atoms with E-state index in [0.717, 1.165) is 88.2 Å². The van der Waals surface area contributed by atoms with Crippen molar-refractivity contribution in [2.45, 2.75) is 206 Å². The zero-order valence-electron chi connectivity index (χ0n) is 28.7. The molecule has 0 aliphatic rings. The number of unbranched alkanes of at least 4 members (excludes halogenated alkanes) is 18. The van der Waals surface area contributed by atoms with Crippen molar-refractivity contribution in [3.05, 3.63) is 22.6 Å². The van der Waals surface area contributed by atoms with Crippen LogP contribution in [0.5, 0.6) is 0 Å². The predicted molar refractivity (Wildman–Crippen MR) is 181 cm³/mol. The van der Waals surface area contributed by atoms with Crippen LogP contribution in [0, 0.1) is 0 Å². The van der Waals surface area contributed by atoms with Gasteiger partial charge in [0.25, 0.3) is 0 Å². The van der Waals surface area contributed by atoms with Crippen molar-refractivity contribution in [2.75, 3.05) is 0 Å². The molecule has 0 saturated carbocycles. The Labute approximate surface area is 265 Å². The molecule has 5 nitrogen and oxygen atoms in total. The summed E-state index contributed by atoms with van der Waals surface area (Å²) >= 11 is 0. The molecule has 2 atom stereocenters. The van der Waals surface area contributed by atoms with Crippen molar-refractivity contribution < 1.29 is 24.2 Å². The first kappa shape index (κ1) is 39.2. The second kappa shape index (κ2) is 25.5. The predicted octanol–water partition coefficient (Wildman–Crippen LogP) is 13.1. The van der Waals surface area contributed by atoms with Gasteiger partial charge in [0.1, 0.15) is 0 Å². The Balaban J connectivity index is 3.40. The number of hydrogen-bond donors (Lipinski definition) is 2. The van der Waals surface area contributed by atoms with Gasteiger partial charge in [-0.3, -0.25) is 0 Å². The van der Waals surface area contributed by atoms with Gasteiger partial charge in [-0.1, -0.05) is 169 Å². The highest BCUT2D eigenvalue weighted by molar-refractivity contribution is 5.93. The molecule has 2 N–H and O–H groups in total. The molecule has 1 aromatic rings. The van der Waals surface area contributed by atoms with E-state index in [-0.39, 0.29) is 23.4 Å². The van der Waals surface area contributed by atoms with Crippen LogP contribution in [0.25, 0.3) is 0 Å². The molecule has 0 aromatic carbocycles. The quantitative estimate of drug-likeness (QED) is 0.0853. The molecule has 0 saturated heterocycles. The molecule has 0 aliphatic carbocycles. The standard InChI is InChI=1S/C38H68O5/c1-5-9-13-17-21-25-29-31(27-23-19-15-11-7-3)33-34(36(38(41)42)43-35(33)37(39)40)32(28-24-20-16-12-8-4)30-26-22-18-14-10-6-2/h31-32H,5-30H2,1-4H3,(H,39,40)(H,41,42). The summed E-state index contributed by atoms with van der Waals surface area (Å²) in [4.78, 5) is 25.2. The van der Waals surface area contributed by atoms with Crippen LogP contribution < -0.4 is 0 Å². The molecule has 0 spiro atoms. The van der Waals surface area contributed by atoms with E-state index in [1.165, 1.54) is 89.9 Å². The molecule has 0 bridgehead atoms. The summed E-state index contributed by atoms with van der Waals surface area (Å²) in [5.74, 6) is -2.37. The van der Waals surface area contributed by atoms with Crippen molar-refractivity contribution in [3.63, 3.8) is 0 Å². The first-order valence-electron chi connectivity index (χ1n) is 18.6. The number of hydrogen-bond acceptors (Lipinski definition) is 3. The average Bonchev–Trinajstić information content (AvgIpc) is 3.39. The maximum absolute atomic E-state index is 12.6. The Morgan fingerprint density at radius 2 is 0.674 bits per heavy atom. The summed E-state index contributed by atoms with van der Waals surface area (Å²) in [5.41, 5.74) is 1.47. The fourth-order valence-electron chi connectivity index (χ4n) is 6.78. The molecule has 1 rings (SSSR count). The maximum Gasteiger partial charge on any atom is 0.372 e. The van der Waals surface area contributed by atoms with Crippen LogP contribution in [0.15, 0.2) is 4.42 Å². The highest BCUT2D eigenvalue weighted by Crippen LogP contribution is 2.43. The smallest absolute Gasteiger partial charge is 0.372 e. The second-order valence-corrected chi connectivity index (χ2v) is 13.1. The number of aromatic carboxylic acids is 2. The number of furan rings is 1. The first-order valence-corrected chi connectivity index (χ1v) is 18.6. The summed E-state index contributed by atoms with van der Waals surface area (Å²) in [6.45, 7) is 8.90. The molecule has 250 valence electrons. The van der Waals surface area contributed by atoms with Gasteiger partial charge in [0, 0.05) is 11.1 Å². The van der Waals surface area contributed by atoms with E-state index >= 15 is 0 Å². The summed E-state index contributed by atoms with van der Waals surface area (Å²) in [7, 11) is 0. The Hall–Kier alpha value is -1.78. The largest absolute Gasteiger partial charge is 0.475 e. The van der Waals surface area contributed by atoms with Crippen molar-refractivity contribution >= 4 is 11.9 Å². The van der Waals surface area contributed by atoms with Gasteiger partial charge in [-0.15, -0.1) is 0 Å². The van der Waals surface area contributed by atoms with Gasteiger partial charge in [0.2, 0.25) is 11.5 Å². The van der Waals surface area contributed by atoms with Gasteiger partial charge in [-0.25, -0.2) is 9.59 Å². The van der Waals surface area contributed by atoms with Gasteiger partial charge in [-0.2, -0.15) is 0 Å². The third-order valence-electron chi connectivity index (χ3n) is 9.31. The van der Waals surface area contributed by atoms with Crippen LogP contribution in [0.3, 0.4) is 0 Å². The highest BCUT2D eigenvalue weighted by atomic mass is 16.4. The molecule has 1 heterocycles. The van der Waals surface area contributed by atoms with E-state index in [4.69, 9.17) is 4.42 Å². The molecule has 2 unspecified atom stereocenters. The van der Waals surface area contributed by atoms with Crippen LogP contribution in [-0.2, 0) is 0 Å². The molecule has 1 aromatic heterocycles. The van der Waals surface area contributed by atoms with E-state index in [0.29, 0.717) is 0 Å². The average molecular weight is 605 g/mol. The monoisotopic (exact) mass is 605 g/mol. The Morgan fingerprint density at radius 1 is 0.442 bits per heavy atom. The lowest BCUT2D eigenvalue weighted by molar-refractivity contribution is 0.0629. The van der Waals surface area contributed by atoms with Gasteiger partial charge in [0.15, 0.2) is 0 Å². The van der Waals surface area contributed by atoms with Gasteiger partial charge >= 0.3 is 11.9 Å². The van der Waals surface area contributed by atoms with Crippen LogP contribution in [0.4, 0.5) is 0 Å². The Kier molecular flexibility index (Phi) is 23.3. The van der Waals surface area contributed by atoms with Crippen LogP contribution in [0.1, 0.15) is 239 Å². The molecule has 0 radical (unpaired) electrons. The number of carbonyl (C=O) groups is 2. The summed E-state index contributed by atoms with van der Waals surface area (Å²) < 4.78 is 5.84. The zero-order valence-corrected chi connectivity index (χ0v) is 28.7. The minimum absolute atomic E-state index is 0.0397. The fraction of sp³-hybridized carbons (Fsp3) is 0.842. The lowest BCUT2D eigenvalue weighted by Gasteiger charge is -2.24. The third-order valence-corrected chi connectivity index (χ3v) is 9.31. The molecule has 0 fully saturated rings. The molecular formula is C38H68O5. The van der Waals surface area contributed by atoms with E-state index in [1.807, 2.05) is 0 Å². The van der Waals surface area contributed by atoms with Gasteiger partial charge < -0.3 is 14.6 Å². The third kappa shape index (κ3) is 16.2. The molecule has 0 amide bonds. The molecule has 0 aliphatic heterocycles. The van der Waals surface area contributed by atoms with Crippen LogP contribution >= 0.6 is 0 Å². The lowest BCUT2D eigenvalue weighted by Crippen LogP contribution is -2.13. The Morgan fingerprint density at radius 3 is 0.907 bits per heavy atom. The summed E-state index contributed by atoms with van der Waals surface area (Å²) in [6.07, 6.45) is 29.5. The minimum atomic E-state index is -1.12. The number of carboxylic acids is 2. The number of rotatable bonds is 30. The van der Waals surface area contributed by atoms with E-state index in [2.05, 4.69) is 27.7 Å². The van der Waals surface area contributed by atoms with Crippen molar-refractivity contribution in [1.82, 2.24) is 0 Å². The SMILES string of the molecule is CCCCCCCCC(CCCCCCC)c1c(C(=O)O)oc(C(=O)O)c1C(CCCCCCC)CCCCCCCC. The molecule has 43 heavy (non-hydrogen) atoms. The van der Waals surface area contributed by atoms with Gasteiger partial charge in [0.05, 0.1) is 0 Å². The molecule has 5 heteroatoms. The van der Waals surface area contributed by atoms with Crippen LogP contribution in [0.2, 0.25) is 0 Å². The normalized spacial score (nSPS) is 12.9. The lowest BCUT2D eigenvalue weighted by atomic mass is 9.79. The maximum atomic E-state index is 12.6. The van der Waals surface area contributed by atoms with Gasteiger partial charge in [-0.05, 0) is 37.5 Å². The van der Waals surface area contributed by atoms with E-state index in [9.17, 15) is 19.8 Å². The number of carboxylic acid groups (broad SMARTS) is 2. The minimum Gasteiger partial charge on any atom is -0.475 e. The van der Waals surface area contributed by atoms with E-state index < -0.39 is 11.9 Å². The fourth-order valence-corrected chi connectivity index (χ4v) is 6.78. The van der Waals surface area contributed by atoms with Crippen molar-refractivity contribution in [3.8, 4) is 0 Å². The topological polar surface area (TPSA) is 87.7 Å². The van der Waals surface area contributed by atoms with Crippen LogP contribution in [-0.4, -0.2) is 22.2 Å². The zero-order chi connectivity index (χ0) is 31.7. The summed E-state index contributed by atoms with van der Waals surface area (Å²) in [5, 5.41) is 20.6. The van der Waals surface area contributed by atoms with E-state index in [1.54, 1.807) is 0 Å². The summed E-state index contributed by atoms with van der Waals surface area (Å²) in [6, 6.07) is 0. The van der Waals surface area contributed by atoms with Crippen molar-refractivity contribution in [2.24, 2.45) is 0 Å². The second-order valence-electron chi connectivity index (χ2n) is 13.1. The Bertz CT molecular complexity index is 775. The highest BCUT2D eigenvalue weighted by Gasteiger charge is 2.35. The molecular weight excluding hydrogens is 536 g/mol.